The number of carbonyl (C=O) groups is 1. The van der Waals surface area contributed by atoms with Crippen molar-refractivity contribution in [2.75, 3.05) is 0 Å². The molecule has 0 N–H and O–H groups in total. The van der Waals surface area contributed by atoms with E-state index in [2.05, 4.69) is 0 Å². The Morgan fingerprint density at radius 3 is 1.57 bits per heavy atom. The van der Waals surface area contributed by atoms with Crippen LogP contribution >= 0.6 is 8.58 Å². The second-order valence-corrected chi connectivity index (χ2v) is 7.40. The van der Waals surface area contributed by atoms with E-state index in [1.165, 1.54) is 12.1 Å². The third-order valence-corrected chi connectivity index (χ3v) is 5.25. The van der Waals surface area contributed by atoms with E-state index in [1.807, 2.05) is 30.3 Å². The summed E-state index contributed by atoms with van der Waals surface area (Å²) in [7, 11) is -0.878. The summed E-state index contributed by atoms with van der Waals surface area (Å²) in [6.45, 7) is 0. The summed E-state index contributed by atoms with van der Waals surface area (Å²) in [6.07, 6.45) is -10.2. The molecule has 9 heteroatoms. The summed E-state index contributed by atoms with van der Waals surface area (Å²) in [4.78, 5) is 12.5. The van der Waals surface area contributed by atoms with Crippen LogP contribution in [0, 0.1) is 0 Å². The van der Waals surface area contributed by atoms with Gasteiger partial charge in [-0.05, 0) is 37.1 Å². The summed E-state index contributed by atoms with van der Waals surface area (Å²) in [5.41, 5.74) is -3.99. The van der Waals surface area contributed by atoms with Crippen LogP contribution in [0.15, 0.2) is 72.8 Å². The van der Waals surface area contributed by atoms with E-state index in [4.69, 9.17) is 0 Å². The van der Waals surface area contributed by atoms with Gasteiger partial charge in [0, 0.05) is 5.56 Å². The van der Waals surface area contributed by atoms with Crippen molar-refractivity contribution in [3.8, 4) is 11.1 Å². The number of carbonyl (C=O) groups excluding carboxylic acids is 1. The molecule has 3 aromatic carbocycles. The molecule has 0 spiro atoms. The van der Waals surface area contributed by atoms with Crippen LogP contribution in [0.4, 0.5) is 26.3 Å². The fourth-order valence-corrected chi connectivity index (χ4v) is 3.83. The number of rotatable bonds is 4. The third-order valence-electron chi connectivity index (χ3n) is 4.15. The molecule has 0 aliphatic heterocycles. The zero-order valence-corrected chi connectivity index (χ0v) is 15.6. The molecule has 30 heavy (non-hydrogen) atoms. The maximum atomic E-state index is 13.2. The molecule has 1 atom stereocenters. The second-order valence-electron chi connectivity index (χ2n) is 6.12. The molecule has 152 valence electrons. The average Bonchev–Trinajstić information content (AvgIpc) is 2.67. The molecule has 0 heterocycles. The molecular weight excluding hydrogens is 420 g/mol. The Morgan fingerprint density at radius 2 is 1.10 bits per heavy atom. The average molecular weight is 434 g/mol. The van der Waals surface area contributed by atoms with Crippen molar-refractivity contribution >= 4 is 38.3 Å². The quantitative estimate of drug-likeness (QED) is 0.285. The Kier molecular flexibility index (Phi) is 7.58. The Bertz CT molecular complexity index is 982. The van der Waals surface area contributed by atoms with E-state index in [-0.39, 0.29) is 18.9 Å². The number of halogens is 6. The first-order chi connectivity index (χ1) is 13.6. The van der Waals surface area contributed by atoms with Gasteiger partial charge < -0.3 is 0 Å². The summed E-state index contributed by atoms with van der Waals surface area (Å²) in [6, 6.07) is 17.3. The molecule has 0 radical (unpaired) electrons. The summed E-state index contributed by atoms with van der Waals surface area (Å²) in [5, 5.41) is 0.347. The van der Waals surface area contributed by atoms with Crippen LogP contribution in [0.3, 0.4) is 0 Å². The van der Waals surface area contributed by atoms with Crippen LogP contribution in [0.25, 0.3) is 11.1 Å². The van der Waals surface area contributed by atoms with Gasteiger partial charge in [0.1, 0.15) is 0 Å². The molecule has 0 bridgehead atoms. The zero-order chi connectivity index (χ0) is 21.2. The van der Waals surface area contributed by atoms with Gasteiger partial charge in [0.2, 0.25) is 0 Å². The summed E-state index contributed by atoms with van der Waals surface area (Å²) >= 11 is 0. The summed E-state index contributed by atoms with van der Waals surface area (Å²) in [5.74, 6) is 0. The molecule has 0 aliphatic carbocycles. The van der Waals surface area contributed by atoms with Crippen LogP contribution in [0.2, 0.25) is 0 Å². The van der Waals surface area contributed by atoms with Gasteiger partial charge in [-0.15, -0.1) is 0 Å². The predicted molar refractivity (Wildman–Crippen MR) is 108 cm³/mol. The molecule has 3 aromatic rings. The van der Waals surface area contributed by atoms with E-state index >= 15 is 0 Å². The van der Waals surface area contributed by atoms with Crippen molar-refractivity contribution < 1.29 is 31.1 Å². The molecule has 0 saturated carbocycles. The zero-order valence-electron chi connectivity index (χ0n) is 14.6. The normalized spacial score (nSPS) is 12.1. The molecule has 0 fully saturated rings. The van der Waals surface area contributed by atoms with E-state index < -0.39 is 43.1 Å². The van der Waals surface area contributed by atoms with Gasteiger partial charge in [-0.3, -0.25) is 4.79 Å². The van der Waals surface area contributed by atoms with Gasteiger partial charge in [0.05, 0.1) is 11.1 Å². The number of benzene rings is 3. The van der Waals surface area contributed by atoms with Crippen LogP contribution in [0.1, 0.15) is 21.5 Å². The number of hydrogen-bond donors (Lipinski definition) is 0. The first kappa shape index (κ1) is 24.2. The SMILES string of the molecule is O=C(Pc1ccc(-c2ccccc2)cc1)c1c(C(F)(F)F)cccc1C(F)(F)F.[LiH]. The molecule has 3 rings (SSSR count). The van der Waals surface area contributed by atoms with Crippen molar-refractivity contribution in [1.82, 2.24) is 0 Å². The standard InChI is InChI=1S/C21H13F6OP.Li.H/c22-20(23,24)16-7-4-8-17(21(25,26)27)18(16)19(28)29-15-11-9-14(10-12-15)13-5-2-1-3-6-13;;/h1-12,29H;;. The summed E-state index contributed by atoms with van der Waals surface area (Å²) < 4.78 is 79.4. The Labute approximate surface area is 182 Å². The Morgan fingerprint density at radius 1 is 0.633 bits per heavy atom. The Hall–Kier alpha value is -2.06. The van der Waals surface area contributed by atoms with Gasteiger partial charge in [0.25, 0.3) is 0 Å². The maximum absolute atomic E-state index is 13.2. The minimum absolute atomic E-state index is 0. The van der Waals surface area contributed by atoms with Crippen molar-refractivity contribution in [2.24, 2.45) is 0 Å². The van der Waals surface area contributed by atoms with Gasteiger partial charge in [-0.2, -0.15) is 26.3 Å². The van der Waals surface area contributed by atoms with Crippen LogP contribution in [-0.2, 0) is 12.4 Å². The molecule has 0 amide bonds. The van der Waals surface area contributed by atoms with Gasteiger partial charge >= 0.3 is 31.2 Å². The molecule has 0 aromatic heterocycles. The van der Waals surface area contributed by atoms with E-state index in [0.717, 1.165) is 11.1 Å². The minimum atomic E-state index is -5.08. The molecule has 1 nitrogen and oxygen atoms in total. The van der Waals surface area contributed by atoms with Crippen LogP contribution in [0.5, 0.6) is 0 Å². The molecule has 0 aliphatic rings. The van der Waals surface area contributed by atoms with E-state index in [0.29, 0.717) is 23.5 Å². The van der Waals surface area contributed by atoms with Gasteiger partial charge in [-0.25, -0.2) is 0 Å². The predicted octanol–water partition coefficient (Wildman–Crippen LogP) is 5.89. The van der Waals surface area contributed by atoms with Crippen LogP contribution < -0.4 is 5.30 Å². The number of hydrogen-bond acceptors (Lipinski definition) is 1. The fraction of sp³-hybridized carbons (Fsp3) is 0.0952. The van der Waals surface area contributed by atoms with Crippen molar-refractivity contribution in [2.45, 2.75) is 12.4 Å². The van der Waals surface area contributed by atoms with E-state index in [1.54, 1.807) is 12.1 Å². The second kappa shape index (κ2) is 9.39. The topological polar surface area (TPSA) is 17.1 Å². The monoisotopic (exact) mass is 434 g/mol. The first-order valence-corrected chi connectivity index (χ1v) is 9.31. The molecular formula is C21H14F6LiOP. The van der Waals surface area contributed by atoms with Crippen molar-refractivity contribution in [3.05, 3.63) is 89.5 Å². The third kappa shape index (κ3) is 5.54. The first-order valence-electron chi connectivity index (χ1n) is 8.31. The number of alkyl halides is 6. The van der Waals surface area contributed by atoms with Crippen LogP contribution in [-0.4, -0.2) is 24.4 Å². The molecule has 1 unspecified atom stereocenters. The van der Waals surface area contributed by atoms with Crippen molar-refractivity contribution in [3.63, 3.8) is 0 Å². The van der Waals surface area contributed by atoms with Gasteiger partial charge in [-0.1, -0.05) is 60.7 Å². The Balaban J connectivity index is 0.00000320. The molecule has 0 saturated heterocycles. The van der Waals surface area contributed by atoms with Gasteiger partial charge in [0.15, 0.2) is 5.52 Å². The fourth-order valence-electron chi connectivity index (χ4n) is 2.84. The van der Waals surface area contributed by atoms with Crippen molar-refractivity contribution in [1.29, 1.82) is 0 Å². The van der Waals surface area contributed by atoms with E-state index in [9.17, 15) is 31.1 Å².